The van der Waals surface area contributed by atoms with E-state index in [1.807, 2.05) is 60.3 Å². The van der Waals surface area contributed by atoms with Gasteiger partial charge in [0.25, 0.3) is 5.91 Å². The molecule has 0 saturated carbocycles. The largest absolute Gasteiger partial charge is 0.508 e. The highest BCUT2D eigenvalue weighted by Gasteiger charge is 2.05. The van der Waals surface area contributed by atoms with Gasteiger partial charge in [0.05, 0.1) is 5.71 Å². The third-order valence-corrected chi connectivity index (χ3v) is 3.64. The fourth-order valence-electron chi connectivity index (χ4n) is 2.26. The molecule has 1 heterocycles. The Hall–Kier alpha value is -3.34. The summed E-state index contributed by atoms with van der Waals surface area (Å²) in [6.45, 7) is 1.84. The number of carbonyl (C=O) groups excluding carboxylic acids is 1. The molecule has 0 radical (unpaired) electrons. The Morgan fingerprint density at radius 3 is 2.17 bits per heavy atom. The van der Waals surface area contributed by atoms with Crippen LogP contribution in [0.2, 0.25) is 0 Å². The maximum absolute atomic E-state index is 12.0. The van der Waals surface area contributed by atoms with Gasteiger partial charge in [0.1, 0.15) is 5.75 Å². The van der Waals surface area contributed by atoms with Crippen molar-refractivity contribution in [1.82, 2.24) is 9.99 Å². The number of hydrogen-bond acceptors (Lipinski definition) is 3. The Labute approximate surface area is 139 Å². The summed E-state index contributed by atoms with van der Waals surface area (Å²) in [5.74, 6) is -0.202. The summed E-state index contributed by atoms with van der Waals surface area (Å²) in [5.41, 5.74) is 5.66. The molecule has 3 rings (SSSR count). The minimum atomic E-state index is -0.321. The van der Waals surface area contributed by atoms with Gasteiger partial charge < -0.3 is 9.67 Å². The molecule has 2 N–H and O–H groups in total. The number of aromatic nitrogens is 1. The molecule has 5 heteroatoms. The van der Waals surface area contributed by atoms with Crippen molar-refractivity contribution in [2.45, 2.75) is 6.92 Å². The second kappa shape index (κ2) is 6.83. The molecule has 0 aliphatic carbocycles. The van der Waals surface area contributed by atoms with Crippen LogP contribution >= 0.6 is 0 Å². The molecule has 24 heavy (non-hydrogen) atoms. The number of amides is 1. The Balaban J connectivity index is 1.69. The summed E-state index contributed by atoms with van der Waals surface area (Å²) < 4.78 is 2.02. The Kier molecular flexibility index (Phi) is 4.43. The van der Waals surface area contributed by atoms with E-state index in [1.54, 1.807) is 12.1 Å². The number of hydrogen-bond donors (Lipinski definition) is 2. The van der Waals surface area contributed by atoms with Crippen molar-refractivity contribution in [3.05, 3.63) is 84.2 Å². The predicted molar refractivity (Wildman–Crippen MR) is 93.6 cm³/mol. The summed E-state index contributed by atoms with van der Waals surface area (Å²) in [7, 11) is 0. The summed E-state index contributed by atoms with van der Waals surface area (Å²) in [6.07, 6.45) is 3.96. The number of carbonyl (C=O) groups is 1. The van der Waals surface area contributed by atoms with Crippen LogP contribution < -0.4 is 5.43 Å². The normalized spacial score (nSPS) is 11.3. The molecule has 0 atom stereocenters. The topological polar surface area (TPSA) is 66.6 Å². The van der Waals surface area contributed by atoms with Crippen LogP contribution in [0.3, 0.4) is 0 Å². The molecule has 0 spiro atoms. The predicted octanol–water partition coefficient (Wildman–Crippen LogP) is 3.34. The van der Waals surface area contributed by atoms with E-state index in [2.05, 4.69) is 10.5 Å². The van der Waals surface area contributed by atoms with Crippen molar-refractivity contribution in [3.8, 4) is 11.4 Å². The van der Waals surface area contributed by atoms with E-state index >= 15 is 0 Å². The third-order valence-electron chi connectivity index (χ3n) is 3.64. The first-order valence-electron chi connectivity index (χ1n) is 7.51. The highest BCUT2D eigenvalue weighted by atomic mass is 16.3. The number of rotatable bonds is 4. The van der Waals surface area contributed by atoms with Crippen molar-refractivity contribution in [2.75, 3.05) is 0 Å². The zero-order valence-corrected chi connectivity index (χ0v) is 13.2. The Bertz CT molecular complexity index is 849. The highest BCUT2D eigenvalue weighted by Crippen LogP contribution is 2.11. The van der Waals surface area contributed by atoms with Crippen LogP contribution in [0.5, 0.6) is 5.75 Å². The standard InChI is InChI=1S/C19H17N3O2/c1-14(20-21-19(24)16-6-10-18(23)11-7-16)15-4-8-17(9-5-15)22-12-2-3-13-22/h2-13,23H,1H3,(H,21,24)/b20-14+. The minimum absolute atomic E-state index is 0.119. The van der Waals surface area contributed by atoms with Gasteiger partial charge in [-0.25, -0.2) is 5.43 Å². The molecule has 3 aromatic rings. The van der Waals surface area contributed by atoms with E-state index in [0.29, 0.717) is 11.3 Å². The van der Waals surface area contributed by atoms with Crippen LogP contribution in [0.25, 0.3) is 5.69 Å². The van der Waals surface area contributed by atoms with Gasteiger partial charge in [0.15, 0.2) is 0 Å². The lowest BCUT2D eigenvalue weighted by Gasteiger charge is -2.06. The summed E-state index contributed by atoms with van der Waals surface area (Å²) in [4.78, 5) is 12.0. The van der Waals surface area contributed by atoms with E-state index in [0.717, 1.165) is 11.3 Å². The van der Waals surface area contributed by atoms with Gasteiger partial charge in [-0.3, -0.25) is 4.79 Å². The monoisotopic (exact) mass is 319 g/mol. The van der Waals surface area contributed by atoms with Crippen molar-refractivity contribution in [3.63, 3.8) is 0 Å². The first kappa shape index (κ1) is 15.6. The van der Waals surface area contributed by atoms with Crippen LogP contribution in [0, 0.1) is 0 Å². The molecule has 120 valence electrons. The number of benzene rings is 2. The quantitative estimate of drug-likeness (QED) is 0.572. The molecule has 0 unspecified atom stereocenters. The lowest BCUT2D eigenvalue weighted by molar-refractivity contribution is 0.0955. The zero-order valence-electron chi connectivity index (χ0n) is 13.2. The summed E-state index contributed by atoms with van der Waals surface area (Å²) in [6, 6.07) is 17.9. The van der Waals surface area contributed by atoms with Crippen LogP contribution in [-0.4, -0.2) is 21.3 Å². The average Bonchev–Trinajstić information content (AvgIpc) is 3.15. The summed E-state index contributed by atoms with van der Waals surface area (Å²) >= 11 is 0. The molecule has 2 aromatic carbocycles. The van der Waals surface area contributed by atoms with Gasteiger partial charge in [0, 0.05) is 23.6 Å². The van der Waals surface area contributed by atoms with E-state index in [-0.39, 0.29) is 11.7 Å². The number of nitrogens with one attached hydrogen (secondary N) is 1. The molecule has 5 nitrogen and oxygen atoms in total. The lowest BCUT2D eigenvalue weighted by Crippen LogP contribution is -2.19. The third kappa shape index (κ3) is 3.52. The van der Waals surface area contributed by atoms with E-state index < -0.39 is 0 Å². The van der Waals surface area contributed by atoms with Crippen molar-refractivity contribution >= 4 is 11.6 Å². The van der Waals surface area contributed by atoms with Crippen LogP contribution in [-0.2, 0) is 0 Å². The van der Waals surface area contributed by atoms with Gasteiger partial charge in [-0.15, -0.1) is 0 Å². The maximum Gasteiger partial charge on any atom is 0.271 e. The molecule has 0 aliphatic heterocycles. The van der Waals surface area contributed by atoms with Gasteiger partial charge in [-0.2, -0.15) is 5.10 Å². The van der Waals surface area contributed by atoms with Crippen molar-refractivity contribution < 1.29 is 9.90 Å². The number of aromatic hydroxyl groups is 1. The van der Waals surface area contributed by atoms with Crippen molar-refractivity contribution in [2.24, 2.45) is 5.10 Å². The molecule has 0 bridgehead atoms. The fraction of sp³-hybridized carbons (Fsp3) is 0.0526. The number of phenols is 1. The molecule has 0 saturated heterocycles. The smallest absolute Gasteiger partial charge is 0.271 e. The first-order valence-corrected chi connectivity index (χ1v) is 7.51. The van der Waals surface area contributed by atoms with Gasteiger partial charge >= 0.3 is 0 Å². The maximum atomic E-state index is 12.0. The fourth-order valence-corrected chi connectivity index (χ4v) is 2.26. The second-order valence-corrected chi connectivity index (χ2v) is 5.32. The van der Waals surface area contributed by atoms with Gasteiger partial charge in [-0.05, 0) is 61.0 Å². The van der Waals surface area contributed by atoms with E-state index in [9.17, 15) is 9.90 Å². The lowest BCUT2D eigenvalue weighted by atomic mass is 10.1. The molecule has 1 amide bonds. The number of hydrazone groups is 1. The van der Waals surface area contributed by atoms with E-state index in [1.165, 1.54) is 12.1 Å². The van der Waals surface area contributed by atoms with Gasteiger partial charge in [0.2, 0.25) is 0 Å². The molecule has 0 aliphatic rings. The number of nitrogens with zero attached hydrogens (tertiary/aromatic N) is 2. The minimum Gasteiger partial charge on any atom is -0.508 e. The Morgan fingerprint density at radius 2 is 1.54 bits per heavy atom. The highest BCUT2D eigenvalue weighted by molar-refractivity contribution is 6.01. The molecule has 1 aromatic heterocycles. The Morgan fingerprint density at radius 1 is 0.958 bits per heavy atom. The second-order valence-electron chi connectivity index (χ2n) is 5.32. The zero-order chi connectivity index (χ0) is 16.9. The van der Waals surface area contributed by atoms with Crippen LogP contribution in [0.15, 0.2) is 78.2 Å². The van der Waals surface area contributed by atoms with Crippen LogP contribution in [0.4, 0.5) is 0 Å². The van der Waals surface area contributed by atoms with Crippen LogP contribution in [0.1, 0.15) is 22.8 Å². The SMILES string of the molecule is C/C(=N\NC(=O)c1ccc(O)cc1)c1ccc(-n2cccc2)cc1. The van der Waals surface area contributed by atoms with E-state index in [4.69, 9.17) is 0 Å². The molecule has 0 fully saturated rings. The van der Waals surface area contributed by atoms with Gasteiger partial charge in [-0.1, -0.05) is 12.1 Å². The van der Waals surface area contributed by atoms with Crippen molar-refractivity contribution in [1.29, 1.82) is 0 Å². The number of phenolic OH excluding ortho intramolecular Hbond substituents is 1. The average molecular weight is 319 g/mol. The first-order chi connectivity index (χ1) is 11.6. The summed E-state index contributed by atoms with van der Waals surface area (Å²) in [5, 5.41) is 13.4. The molecular weight excluding hydrogens is 302 g/mol. The molecular formula is C19H17N3O2.